The first-order valence-corrected chi connectivity index (χ1v) is 9.40. The molecule has 0 bridgehead atoms. The Bertz CT molecular complexity index is 855. The molecular weight excluding hydrogens is 382 g/mol. The number of nitrogens with one attached hydrogen (secondary N) is 1. The van der Waals surface area contributed by atoms with Crippen molar-refractivity contribution in [1.82, 2.24) is 5.32 Å². The average Bonchev–Trinajstić information content (AvgIpc) is 3.13. The molecule has 0 spiro atoms. The molecule has 1 amide bonds. The SMILES string of the molecule is COCCC(=O)NC[C@@H]1Cc2cc(-c3cc(OC)ccc3OC)cc(Cl)c2O1. The van der Waals surface area contributed by atoms with Crippen molar-refractivity contribution in [3.05, 3.63) is 40.9 Å². The van der Waals surface area contributed by atoms with Gasteiger partial charge in [0.05, 0.1) is 32.4 Å². The maximum absolute atomic E-state index is 11.8. The molecule has 1 N–H and O–H groups in total. The second kappa shape index (κ2) is 9.17. The molecule has 1 aliphatic rings. The topological polar surface area (TPSA) is 66.0 Å². The number of halogens is 1. The molecule has 0 aromatic heterocycles. The van der Waals surface area contributed by atoms with Gasteiger partial charge in [0.25, 0.3) is 0 Å². The summed E-state index contributed by atoms with van der Waals surface area (Å²) in [6.45, 7) is 0.820. The highest BCUT2D eigenvalue weighted by molar-refractivity contribution is 6.32. The van der Waals surface area contributed by atoms with Gasteiger partial charge in [-0.2, -0.15) is 0 Å². The first kappa shape index (κ1) is 20.3. The van der Waals surface area contributed by atoms with Gasteiger partial charge in [-0.25, -0.2) is 0 Å². The molecule has 150 valence electrons. The summed E-state index contributed by atoms with van der Waals surface area (Å²) < 4.78 is 21.7. The lowest BCUT2D eigenvalue weighted by atomic mass is 9.99. The molecule has 0 radical (unpaired) electrons. The summed E-state index contributed by atoms with van der Waals surface area (Å²) in [7, 11) is 4.83. The predicted octanol–water partition coefficient (Wildman–Crippen LogP) is 3.48. The van der Waals surface area contributed by atoms with Crippen molar-refractivity contribution in [2.45, 2.75) is 18.9 Å². The van der Waals surface area contributed by atoms with Gasteiger partial charge in [-0.05, 0) is 35.9 Å². The minimum absolute atomic E-state index is 0.0608. The maximum atomic E-state index is 11.8. The van der Waals surface area contributed by atoms with Gasteiger partial charge in [0, 0.05) is 31.1 Å². The first-order valence-electron chi connectivity index (χ1n) is 9.02. The van der Waals surface area contributed by atoms with E-state index in [1.807, 2.05) is 30.3 Å². The lowest BCUT2D eigenvalue weighted by Crippen LogP contribution is -2.34. The number of carbonyl (C=O) groups excluding carboxylic acids is 1. The number of hydrogen-bond donors (Lipinski definition) is 1. The summed E-state index contributed by atoms with van der Waals surface area (Å²) in [5, 5.41) is 3.40. The fraction of sp³-hybridized carbons (Fsp3) is 0.381. The van der Waals surface area contributed by atoms with Crippen molar-refractivity contribution >= 4 is 17.5 Å². The van der Waals surface area contributed by atoms with Crippen LogP contribution >= 0.6 is 11.6 Å². The minimum Gasteiger partial charge on any atom is -0.497 e. The van der Waals surface area contributed by atoms with E-state index in [1.54, 1.807) is 21.3 Å². The number of methoxy groups -OCH3 is 3. The van der Waals surface area contributed by atoms with Gasteiger partial charge < -0.3 is 24.3 Å². The molecule has 0 fully saturated rings. The van der Waals surface area contributed by atoms with E-state index in [4.69, 9.17) is 30.5 Å². The zero-order valence-electron chi connectivity index (χ0n) is 16.2. The largest absolute Gasteiger partial charge is 0.497 e. The number of carbonyl (C=O) groups is 1. The van der Waals surface area contributed by atoms with Crippen LogP contribution in [0.3, 0.4) is 0 Å². The fourth-order valence-corrected chi connectivity index (χ4v) is 3.49. The third kappa shape index (κ3) is 4.51. The van der Waals surface area contributed by atoms with Gasteiger partial charge in [0.15, 0.2) is 0 Å². The van der Waals surface area contributed by atoms with Gasteiger partial charge in [-0.1, -0.05) is 11.6 Å². The number of benzene rings is 2. The summed E-state index contributed by atoms with van der Waals surface area (Å²) >= 11 is 6.49. The summed E-state index contributed by atoms with van der Waals surface area (Å²) in [6, 6.07) is 9.54. The van der Waals surface area contributed by atoms with Crippen molar-refractivity contribution in [3.8, 4) is 28.4 Å². The van der Waals surface area contributed by atoms with Crippen molar-refractivity contribution in [1.29, 1.82) is 0 Å². The van der Waals surface area contributed by atoms with Gasteiger partial charge in [0.1, 0.15) is 23.4 Å². The highest BCUT2D eigenvalue weighted by Gasteiger charge is 2.27. The quantitative estimate of drug-likeness (QED) is 0.728. The van der Waals surface area contributed by atoms with Crippen LogP contribution in [0, 0.1) is 0 Å². The van der Waals surface area contributed by atoms with Crippen LogP contribution in [-0.4, -0.2) is 46.5 Å². The van der Waals surface area contributed by atoms with Gasteiger partial charge in [-0.15, -0.1) is 0 Å². The second-order valence-corrected chi connectivity index (χ2v) is 6.91. The Morgan fingerprint density at radius 2 is 2.04 bits per heavy atom. The van der Waals surface area contributed by atoms with Crippen LogP contribution in [0.4, 0.5) is 0 Å². The number of fused-ring (bicyclic) bond motifs is 1. The molecule has 2 aromatic rings. The maximum Gasteiger partial charge on any atom is 0.222 e. The number of ether oxygens (including phenoxy) is 4. The summed E-state index contributed by atoms with van der Waals surface area (Å²) in [5.74, 6) is 2.08. The number of hydrogen-bond acceptors (Lipinski definition) is 5. The molecule has 1 atom stereocenters. The summed E-state index contributed by atoms with van der Waals surface area (Å²) in [4.78, 5) is 11.8. The molecule has 3 rings (SSSR count). The summed E-state index contributed by atoms with van der Waals surface area (Å²) in [6.07, 6.45) is 0.845. The molecule has 7 heteroatoms. The van der Waals surface area contributed by atoms with Crippen molar-refractivity contribution < 1.29 is 23.7 Å². The lowest BCUT2D eigenvalue weighted by molar-refractivity contribution is -0.122. The average molecular weight is 406 g/mol. The third-order valence-electron chi connectivity index (χ3n) is 4.63. The smallest absolute Gasteiger partial charge is 0.222 e. The van der Waals surface area contributed by atoms with E-state index in [2.05, 4.69) is 5.32 Å². The van der Waals surface area contributed by atoms with Gasteiger partial charge >= 0.3 is 0 Å². The zero-order valence-corrected chi connectivity index (χ0v) is 17.0. The molecule has 0 saturated carbocycles. The molecule has 1 aliphatic heterocycles. The third-order valence-corrected chi connectivity index (χ3v) is 4.91. The Labute approximate surface area is 169 Å². The van der Waals surface area contributed by atoms with Gasteiger partial charge in [0.2, 0.25) is 5.91 Å². The standard InChI is InChI=1S/C21H24ClNO5/c1-25-7-6-20(24)23-12-16-9-14-8-13(10-18(22)21(14)28-16)17-11-15(26-2)4-5-19(17)27-3/h4-5,8,10-11,16H,6-7,9,12H2,1-3H3,(H,23,24)/t16-/m0/s1. The van der Waals surface area contributed by atoms with Crippen LogP contribution in [0.5, 0.6) is 17.2 Å². The minimum atomic E-state index is -0.151. The molecule has 1 heterocycles. The van der Waals surface area contributed by atoms with Crippen LogP contribution in [0.1, 0.15) is 12.0 Å². The van der Waals surface area contributed by atoms with Crippen LogP contribution in [-0.2, 0) is 16.0 Å². The Morgan fingerprint density at radius 3 is 2.75 bits per heavy atom. The molecular formula is C21H24ClNO5. The Hall–Kier alpha value is -2.44. The van der Waals surface area contributed by atoms with E-state index < -0.39 is 0 Å². The molecule has 2 aromatic carbocycles. The lowest BCUT2D eigenvalue weighted by Gasteiger charge is -2.13. The monoisotopic (exact) mass is 405 g/mol. The van der Waals surface area contributed by atoms with Crippen LogP contribution < -0.4 is 19.5 Å². The highest BCUT2D eigenvalue weighted by Crippen LogP contribution is 2.42. The Kier molecular flexibility index (Phi) is 6.65. The molecule has 0 aliphatic carbocycles. The van der Waals surface area contributed by atoms with Crippen molar-refractivity contribution in [2.75, 3.05) is 34.5 Å². The second-order valence-electron chi connectivity index (χ2n) is 6.50. The van der Waals surface area contributed by atoms with E-state index in [1.165, 1.54) is 0 Å². The highest BCUT2D eigenvalue weighted by atomic mass is 35.5. The van der Waals surface area contributed by atoms with Crippen LogP contribution in [0.2, 0.25) is 5.02 Å². The fourth-order valence-electron chi connectivity index (χ4n) is 3.21. The molecule has 0 unspecified atom stereocenters. The van der Waals surface area contributed by atoms with E-state index >= 15 is 0 Å². The van der Waals surface area contributed by atoms with E-state index in [-0.39, 0.29) is 12.0 Å². The molecule has 0 saturated heterocycles. The van der Waals surface area contributed by atoms with E-state index in [0.717, 1.165) is 28.2 Å². The zero-order chi connectivity index (χ0) is 20.1. The van der Waals surface area contributed by atoms with Crippen molar-refractivity contribution in [2.24, 2.45) is 0 Å². The normalized spacial score (nSPS) is 14.9. The number of rotatable bonds is 8. The van der Waals surface area contributed by atoms with E-state index in [9.17, 15) is 4.79 Å². The van der Waals surface area contributed by atoms with Gasteiger partial charge in [-0.3, -0.25) is 4.79 Å². The van der Waals surface area contributed by atoms with Crippen LogP contribution in [0.25, 0.3) is 11.1 Å². The van der Waals surface area contributed by atoms with Crippen LogP contribution in [0.15, 0.2) is 30.3 Å². The summed E-state index contributed by atoms with van der Waals surface area (Å²) in [5.41, 5.74) is 2.82. The van der Waals surface area contributed by atoms with Crippen molar-refractivity contribution in [3.63, 3.8) is 0 Å². The Balaban J connectivity index is 1.78. The Morgan fingerprint density at radius 1 is 1.21 bits per heavy atom. The molecule has 28 heavy (non-hydrogen) atoms. The first-order chi connectivity index (χ1) is 13.5. The van der Waals surface area contributed by atoms with E-state index in [0.29, 0.717) is 36.8 Å². The number of amides is 1. The molecule has 6 nitrogen and oxygen atoms in total. The predicted molar refractivity (Wildman–Crippen MR) is 108 cm³/mol.